The van der Waals surface area contributed by atoms with E-state index in [1.54, 1.807) is 12.5 Å². The molecule has 0 aliphatic carbocycles. The smallest absolute Gasteiger partial charge is 0.283 e. The van der Waals surface area contributed by atoms with Gasteiger partial charge in [0.2, 0.25) is 0 Å². The van der Waals surface area contributed by atoms with Gasteiger partial charge in [0.15, 0.2) is 5.03 Å². The van der Waals surface area contributed by atoms with Crippen molar-refractivity contribution in [2.75, 3.05) is 10.8 Å². The number of fused-ring (bicyclic) bond motifs is 1. The maximum absolute atomic E-state index is 12.9. The van der Waals surface area contributed by atoms with Gasteiger partial charge in [-0.3, -0.25) is 4.31 Å². The lowest BCUT2D eigenvalue weighted by Crippen LogP contribution is -2.29. The summed E-state index contributed by atoms with van der Waals surface area (Å²) in [6.45, 7) is 7.38. The van der Waals surface area contributed by atoms with E-state index < -0.39 is 10.0 Å². The Morgan fingerprint density at radius 1 is 1.32 bits per heavy atom. The lowest BCUT2D eigenvalue weighted by Gasteiger charge is -2.19. The van der Waals surface area contributed by atoms with Crippen molar-refractivity contribution in [3.63, 3.8) is 0 Å². The third-order valence-electron chi connectivity index (χ3n) is 3.89. The number of aryl methyl sites for hydroxylation is 1. The van der Waals surface area contributed by atoms with E-state index in [4.69, 9.17) is 0 Å². The number of para-hydroxylation sites is 1. The third kappa shape index (κ3) is 2.52. The van der Waals surface area contributed by atoms with E-state index in [9.17, 15) is 8.42 Å². The van der Waals surface area contributed by atoms with E-state index in [2.05, 4.69) is 18.8 Å². The Balaban J connectivity index is 1.97. The normalized spacial score (nSPS) is 14.6. The van der Waals surface area contributed by atoms with Gasteiger partial charge in [-0.25, -0.2) is 4.98 Å². The highest BCUT2D eigenvalue weighted by Crippen LogP contribution is 2.35. The summed E-state index contributed by atoms with van der Waals surface area (Å²) in [6, 6.07) is 5.92. The van der Waals surface area contributed by atoms with Crippen LogP contribution in [0.4, 0.5) is 5.69 Å². The van der Waals surface area contributed by atoms with Crippen LogP contribution in [0, 0.1) is 12.8 Å². The van der Waals surface area contributed by atoms with Gasteiger partial charge in [-0.1, -0.05) is 32.0 Å². The number of sulfonamides is 1. The van der Waals surface area contributed by atoms with Gasteiger partial charge in [0.1, 0.15) is 0 Å². The Hall–Kier alpha value is -1.82. The fourth-order valence-electron chi connectivity index (χ4n) is 2.96. The Bertz CT molecular complexity index is 793. The predicted octanol–water partition coefficient (Wildman–Crippen LogP) is 2.60. The highest BCUT2D eigenvalue weighted by molar-refractivity contribution is 7.92. The number of hydrogen-bond donors (Lipinski definition) is 0. The van der Waals surface area contributed by atoms with Crippen molar-refractivity contribution in [1.82, 2.24) is 9.55 Å². The topological polar surface area (TPSA) is 55.2 Å². The number of nitrogens with zero attached hydrogens (tertiary/aromatic N) is 3. The van der Waals surface area contributed by atoms with Gasteiger partial charge in [0.05, 0.1) is 12.0 Å². The van der Waals surface area contributed by atoms with Crippen LogP contribution in [0.2, 0.25) is 0 Å². The molecule has 1 aromatic heterocycles. The van der Waals surface area contributed by atoms with E-state index in [0.717, 1.165) is 29.8 Å². The van der Waals surface area contributed by atoms with Gasteiger partial charge in [0, 0.05) is 19.3 Å². The predicted molar refractivity (Wildman–Crippen MR) is 86.5 cm³/mol. The molecule has 0 amide bonds. The summed E-state index contributed by atoms with van der Waals surface area (Å²) in [5.41, 5.74) is 2.89. The molecular weight excluding hydrogens is 298 g/mol. The summed E-state index contributed by atoms with van der Waals surface area (Å²) >= 11 is 0. The summed E-state index contributed by atoms with van der Waals surface area (Å²) < 4.78 is 29.1. The molecule has 5 nitrogen and oxygen atoms in total. The van der Waals surface area contributed by atoms with Crippen LogP contribution in [-0.4, -0.2) is 24.5 Å². The quantitative estimate of drug-likeness (QED) is 0.870. The number of benzene rings is 1. The van der Waals surface area contributed by atoms with Crippen LogP contribution >= 0.6 is 0 Å². The van der Waals surface area contributed by atoms with Crippen molar-refractivity contribution >= 4 is 15.7 Å². The van der Waals surface area contributed by atoms with E-state index in [0.29, 0.717) is 12.5 Å². The second-order valence-corrected chi connectivity index (χ2v) is 8.02. The molecule has 0 bridgehead atoms. The summed E-state index contributed by atoms with van der Waals surface area (Å²) in [7, 11) is -3.59. The van der Waals surface area contributed by atoms with Crippen molar-refractivity contribution in [3.05, 3.63) is 41.9 Å². The van der Waals surface area contributed by atoms with Crippen molar-refractivity contribution in [2.45, 2.75) is 38.8 Å². The zero-order valence-electron chi connectivity index (χ0n) is 13.2. The molecule has 0 radical (unpaired) electrons. The minimum absolute atomic E-state index is 0.129. The molecule has 0 atom stereocenters. The highest BCUT2D eigenvalue weighted by Gasteiger charge is 2.33. The zero-order valence-corrected chi connectivity index (χ0v) is 14.0. The van der Waals surface area contributed by atoms with E-state index in [1.807, 2.05) is 29.7 Å². The second-order valence-electron chi connectivity index (χ2n) is 6.21. The molecule has 22 heavy (non-hydrogen) atoms. The molecule has 6 heteroatoms. The van der Waals surface area contributed by atoms with Crippen molar-refractivity contribution in [2.24, 2.45) is 5.92 Å². The fraction of sp³-hybridized carbons (Fsp3) is 0.438. The molecule has 0 unspecified atom stereocenters. The maximum Gasteiger partial charge on any atom is 0.283 e. The van der Waals surface area contributed by atoms with Crippen molar-refractivity contribution in [3.8, 4) is 0 Å². The summed E-state index contributed by atoms with van der Waals surface area (Å²) in [5.74, 6) is 0.444. The zero-order chi connectivity index (χ0) is 15.9. The minimum atomic E-state index is -3.59. The van der Waals surface area contributed by atoms with Crippen LogP contribution in [-0.2, 0) is 23.0 Å². The van der Waals surface area contributed by atoms with Gasteiger partial charge >= 0.3 is 0 Å². The first-order valence-corrected chi connectivity index (χ1v) is 8.96. The van der Waals surface area contributed by atoms with Crippen molar-refractivity contribution in [1.29, 1.82) is 0 Å². The average molecular weight is 319 g/mol. The first kappa shape index (κ1) is 15.1. The minimum Gasteiger partial charge on any atom is -0.336 e. The maximum atomic E-state index is 12.9. The molecule has 1 aliphatic rings. The van der Waals surface area contributed by atoms with E-state index in [-0.39, 0.29) is 5.03 Å². The SMILES string of the molecule is Cc1cccc2c1N(S(=O)(=O)c1cn(CC(C)C)cn1)CC2. The van der Waals surface area contributed by atoms with Gasteiger partial charge in [0.25, 0.3) is 10.0 Å². The number of rotatable bonds is 4. The number of hydrogen-bond acceptors (Lipinski definition) is 3. The Morgan fingerprint density at radius 2 is 2.09 bits per heavy atom. The monoisotopic (exact) mass is 319 g/mol. The second kappa shape index (κ2) is 5.43. The Kier molecular flexibility index (Phi) is 3.72. The first-order valence-electron chi connectivity index (χ1n) is 7.52. The van der Waals surface area contributed by atoms with Crippen LogP contribution in [0.25, 0.3) is 0 Å². The first-order chi connectivity index (χ1) is 10.4. The molecular formula is C16H21N3O2S. The van der Waals surface area contributed by atoms with Gasteiger partial charge in [-0.05, 0) is 30.4 Å². The molecule has 2 heterocycles. The molecule has 3 rings (SSSR count). The number of anilines is 1. The molecule has 118 valence electrons. The van der Waals surface area contributed by atoms with Crippen LogP contribution in [0.1, 0.15) is 25.0 Å². The lowest BCUT2D eigenvalue weighted by atomic mass is 10.1. The largest absolute Gasteiger partial charge is 0.336 e. The molecule has 0 spiro atoms. The Labute approximate surface area is 131 Å². The molecule has 0 saturated carbocycles. The number of aromatic nitrogens is 2. The summed E-state index contributed by atoms with van der Waals surface area (Å²) in [5, 5.41) is 0.129. The van der Waals surface area contributed by atoms with Gasteiger partial charge in [-0.15, -0.1) is 0 Å². The highest BCUT2D eigenvalue weighted by atomic mass is 32.2. The molecule has 1 aromatic carbocycles. The van der Waals surface area contributed by atoms with Crippen LogP contribution in [0.3, 0.4) is 0 Å². The van der Waals surface area contributed by atoms with E-state index >= 15 is 0 Å². The van der Waals surface area contributed by atoms with Crippen molar-refractivity contribution < 1.29 is 8.42 Å². The van der Waals surface area contributed by atoms with E-state index in [1.165, 1.54) is 4.31 Å². The fourth-order valence-corrected chi connectivity index (χ4v) is 4.47. The Morgan fingerprint density at radius 3 is 2.82 bits per heavy atom. The third-order valence-corrected chi connectivity index (χ3v) is 5.58. The lowest BCUT2D eigenvalue weighted by molar-refractivity contribution is 0.521. The van der Waals surface area contributed by atoms with Gasteiger partial charge in [-0.2, -0.15) is 8.42 Å². The molecule has 0 N–H and O–H groups in total. The molecule has 0 fully saturated rings. The summed E-state index contributed by atoms with van der Waals surface area (Å²) in [6.07, 6.45) is 3.98. The summed E-state index contributed by atoms with van der Waals surface area (Å²) in [4.78, 5) is 4.12. The average Bonchev–Trinajstić information content (AvgIpc) is 3.05. The number of imidazole rings is 1. The molecule has 2 aromatic rings. The van der Waals surface area contributed by atoms with Crippen LogP contribution < -0.4 is 4.31 Å². The van der Waals surface area contributed by atoms with Crippen LogP contribution in [0.5, 0.6) is 0 Å². The molecule has 1 aliphatic heterocycles. The van der Waals surface area contributed by atoms with Crippen LogP contribution in [0.15, 0.2) is 35.7 Å². The van der Waals surface area contributed by atoms with Gasteiger partial charge < -0.3 is 4.57 Å². The molecule has 0 saturated heterocycles. The standard InChI is InChI=1S/C16H21N3O2S/c1-12(2)9-18-10-15(17-11-18)22(20,21)19-8-7-14-6-4-5-13(3)16(14)19/h4-6,10-12H,7-9H2,1-3H3.